The molecule has 1 aliphatic carbocycles. The van der Waals surface area contributed by atoms with E-state index in [2.05, 4.69) is 5.32 Å². The first-order valence-corrected chi connectivity index (χ1v) is 8.02. The monoisotopic (exact) mass is 316 g/mol. The van der Waals surface area contributed by atoms with Crippen LogP contribution in [0.1, 0.15) is 62.2 Å². The summed E-state index contributed by atoms with van der Waals surface area (Å²) in [6.45, 7) is 1.45. The van der Waals surface area contributed by atoms with Crippen molar-refractivity contribution in [2.75, 3.05) is 5.32 Å². The van der Waals surface area contributed by atoms with Gasteiger partial charge in [0.15, 0.2) is 5.78 Å². The summed E-state index contributed by atoms with van der Waals surface area (Å²) in [5.74, 6) is -1.48. The molecule has 0 heterocycles. The molecule has 0 radical (unpaired) electrons. The van der Waals surface area contributed by atoms with Crippen LogP contribution >= 0.6 is 0 Å². The average Bonchev–Trinajstić information content (AvgIpc) is 2.47. The number of carboxylic acids is 1. The number of carbonyl (C=O) groups excluding carboxylic acids is 3. The number of nitrogens with one attached hydrogen (secondary N) is 1. The molecule has 5 nitrogen and oxygen atoms in total. The van der Waals surface area contributed by atoms with Crippen LogP contribution in [0.4, 0.5) is 5.69 Å². The molecule has 0 unspecified atom stereocenters. The zero-order chi connectivity index (χ0) is 16.9. The second kappa shape index (κ2) is 7.40. The van der Waals surface area contributed by atoms with Gasteiger partial charge in [0.05, 0.1) is 5.69 Å². The summed E-state index contributed by atoms with van der Waals surface area (Å²) < 4.78 is 0. The normalized spacial score (nSPS) is 16.6. The number of anilines is 1. The van der Waals surface area contributed by atoms with Crippen LogP contribution in [0, 0.1) is 5.41 Å². The van der Waals surface area contributed by atoms with Crippen LogP contribution < -0.4 is 10.4 Å². The lowest BCUT2D eigenvalue weighted by molar-refractivity contribution is -0.308. The van der Waals surface area contributed by atoms with E-state index >= 15 is 0 Å². The predicted molar refractivity (Wildman–Crippen MR) is 84.8 cm³/mol. The van der Waals surface area contributed by atoms with Gasteiger partial charge in [0.25, 0.3) is 0 Å². The van der Waals surface area contributed by atoms with Crippen molar-refractivity contribution in [2.45, 2.75) is 51.9 Å². The number of Topliss-reactive ketones (excluding diaryl/α,β-unsaturated/α-hetero) is 1. The maximum Gasteiger partial charge on any atom is 0.224 e. The van der Waals surface area contributed by atoms with Crippen LogP contribution in [0.2, 0.25) is 0 Å². The highest BCUT2D eigenvalue weighted by Gasteiger charge is 2.34. The van der Waals surface area contributed by atoms with Crippen molar-refractivity contribution in [3.05, 3.63) is 29.8 Å². The average molecular weight is 316 g/mol. The predicted octanol–water partition coefficient (Wildman–Crippen LogP) is 2.31. The maximum atomic E-state index is 12.4. The van der Waals surface area contributed by atoms with E-state index in [-0.39, 0.29) is 24.5 Å². The molecular formula is C18H22NO4-. The minimum atomic E-state index is -1.11. The van der Waals surface area contributed by atoms with Gasteiger partial charge in [0.2, 0.25) is 5.91 Å². The highest BCUT2D eigenvalue weighted by molar-refractivity contribution is 6.03. The molecule has 0 spiro atoms. The highest BCUT2D eigenvalue weighted by Crippen LogP contribution is 2.42. The first kappa shape index (κ1) is 17.2. The molecule has 0 atom stereocenters. The second-order valence-corrected chi connectivity index (χ2v) is 6.44. The Kier molecular flexibility index (Phi) is 5.53. The van der Waals surface area contributed by atoms with E-state index in [0.717, 1.165) is 32.1 Å². The van der Waals surface area contributed by atoms with E-state index in [9.17, 15) is 19.5 Å². The van der Waals surface area contributed by atoms with Gasteiger partial charge in [0.1, 0.15) is 0 Å². The van der Waals surface area contributed by atoms with Crippen LogP contribution in [0.25, 0.3) is 0 Å². The van der Waals surface area contributed by atoms with Gasteiger partial charge in [-0.25, -0.2) is 0 Å². The van der Waals surface area contributed by atoms with Crippen LogP contribution in [0.5, 0.6) is 0 Å². The van der Waals surface area contributed by atoms with Crippen LogP contribution in [-0.2, 0) is 9.59 Å². The van der Waals surface area contributed by atoms with E-state index in [1.807, 2.05) is 0 Å². The molecule has 0 saturated heterocycles. The molecule has 2 rings (SSSR count). The third-order valence-electron chi connectivity index (χ3n) is 4.55. The SMILES string of the molecule is CC(=O)c1ccccc1NC(=O)CC1(CC(=O)[O-])CCCCC1. The third kappa shape index (κ3) is 4.65. The summed E-state index contributed by atoms with van der Waals surface area (Å²) in [5.41, 5.74) is 0.412. The minimum absolute atomic E-state index is 0.0885. The van der Waals surface area contributed by atoms with Crippen LogP contribution in [-0.4, -0.2) is 17.7 Å². The second-order valence-electron chi connectivity index (χ2n) is 6.44. The Balaban J connectivity index is 2.10. The Morgan fingerprint density at radius 1 is 1.09 bits per heavy atom. The fraction of sp³-hybridized carbons (Fsp3) is 0.500. The molecule has 5 heteroatoms. The molecule has 0 aromatic heterocycles. The lowest BCUT2D eigenvalue weighted by atomic mass is 9.69. The molecule has 1 aliphatic rings. The molecule has 1 amide bonds. The summed E-state index contributed by atoms with van der Waals surface area (Å²) >= 11 is 0. The van der Waals surface area contributed by atoms with Gasteiger partial charge < -0.3 is 15.2 Å². The van der Waals surface area contributed by atoms with Crippen molar-refractivity contribution in [2.24, 2.45) is 5.41 Å². The van der Waals surface area contributed by atoms with Crippen molar-refractivity contribution in [1.82, 2.24) is 0 Å². The third-order valence-corrected chi connectivity index (χ3v) is 4.55. The van der Waals surface area contributed by atoms with Crippen molar-refractivity contribution in [3.8, 4) is 0 Å². The number of benzene rings is 1. The summed E-state index contributed by atoms with van der Waals surface area (Å²) in [4.78, 5) is 35.1. The number of para-hydroxylation sites is 1. The van der Waals surface area contributed by atoms with Gasteiger partial charge in [-0.1, -0.05) is 31.4 Å². The number of rotatable bonds is 6. The molecule has 1 fully saturated rings. The molecule has 1 aromatic rings. The Morgan fingerprint density at radius 2 is 1.74 bits per heavy atom. The number of ketones is 1. The number of carbonyl (C=O) groups is 3. The van der Waals surface area contributed by atoms with Gasteiger partial charge in [0, 0.05) is 18.0 Å². The lowest BCUT2D eigenvalue weighted by Gasteiger charge is -2.37. The highest BCUT2D eigenvalue weighted by atomic mass is 16.4. The summed E-state index contributed by atoms with van der Waals surface area (Å²) in [5, 5.41) is 13.8. The zero-order valence-electron chi connectivity index (χ0n) is 13.4. The summed E-state index contributed by atoms with van der Waals surface area (Å²) in [6.07, 6.45) is 4.45. The number of hydrogen-bond acceptors (Lipinski definition) is 4. The molecule has 23 heavy (non-hydrogen) atoms. The quantitative estimate of drug-likeness (QED) is 0.816. The summed E-state index contributed by atoms with van der Waals surface area (Å²) in [7, 11) is 0. The molecule has 1 saturated carbocycles. The molecule has 1 N–H and O–H groups in total. The van der Waals surface area contributed by atoms with E-state index in [1.165, 1.54) is 6.92 Å². The summed E-state index contributed by atoms with van der Waals surface area (Å²) in [6, 6.07) is 6.83. The van der Waals surface area contributed by atoms with Crippen molar-refractivity contribution in [3.63, 3.8) is 0 Å². The van der Waals surface area contributed by atoms with Crippen molar-refractivity contribution < 1.29 is 19.5 Å². The Labute approximate surface area is 136 Å². The van der Waals surface area contributed by atoms with Crippen molar-refractivity contribution >= 4 is 23.3 Å². The molecule has 124 valence electrons. The van der Waals surface area contributed by atoms with Gasteiger partial charge in [-0.3, -0.25) is 9.59 Å². The van der Waals surface area contributed by atoms with Crippen LogP contribution in [0.3, 0.4) is 0 Å². The van der Waals surface area contributed by atoms with E-state index in [4.69, 9.17) is 0 Å². The molecule has 0 bridgehead atoms. The molecular weight excluding hydrogens is 294 g/mol. The standard InChI is InChI=1S/C18H23NO4/c1-13(20)14-7-3-4-8-15(14)19-16(21)11-18(12-17(22)23)9-5-2-6-10-18/h3-4,7-8H,2,5-6,9-12H2,1H3,(H,19,21)(H,22,23)/p-1. The number of hydrogen-bond donors (Lipinski definition) is 1. The van der Waals surface area contributed by atoms with E-state index in [0.29, 0.717) is 11.3 Å². The Morgan fingerprint density at radius 3 is 2.35 bits per heavy atom. The van der Waals surface area contributed by atoms with Gasteiger partial charge in [-0.2, -0.15) is 0 Å². The van der Waals surface area contributed by atoms with E-state index in [1.54, 1.807) is 24.3 Å². The van der Waals surface area contributed by atoms with Crippen molar-refractivity contribution in [1.29, 1.82) is 0 Å². The number of amides is 1. The maximum absolute atomic E-state index is 12.4. The van der Waals surface area contributed by atoms with E-state index < -0.39 is 11.4 Å². The fourth-order valence-electron chi connectivity index (χ4n) is 3.46. The fourth-order valence-corrected chi connectivity index (χ4v) is 3.46. The lowest BCUT2D eigenvalue weighted by Crippen LogP contribution is -2.36. The number of carboxylic acid groups (broad SMARTS) is 1. The molecule has 1 aromatic carbocycles. The smallest absolute Gasteiger partial charge is 0.224 e. The first-order valence-electron chi connectivity index (χ1n) is 8.02. The van der Waals surface area contributed by atoms with Gasteiger partial charge in [-0.15, -0.1) is 0 Å². The zero-order valence-corrected chi connectivity index (χ0v) is 13.4. The molecule has 0 aliphatic heterocycles. The topological polar surface area (TPSA) is 86.3 Å². The van der Waals surface area contributed by atoms with Gasteiger partial charge >= 0.3 is 0 Å². The largest absolute Gasteiger partial charge is 0.550 e. The number of aliphatic carboxylic acids is 1. The van der Waals surface area contributed by atoms with Crippen LogP contribution in [0.15, 0.2) is 24.3 Å². The first-order chi connectivity index (χ1) is 10.9. The minimum Gasteiger partial charge on any atom is -0.550 e. The Bertz CT molecular complexity index is 603. The van der Waals surface area contributed by atoms with Gasteiger partial charge in [-0.05, 0) is 43.7 Å². The Hall–Kier alpha value is -2.17.